The zero-order valence-corrected chi connectivity index (χ0v) is 13.6. The molecule has 1 aliphatic heterocycles. The third-order valence-corrected chi connectivity index (χ3v) is 3.56. The van der Waals surface area contributed by atoms with Gasteiger partial charge in [0.15, 0.2) is 0 Å². The molecule has 118 valence electrons. The minimum absolute atomic E-state index is 0. The normalized spacial score (nSPS) is 15.1. The van der Waals surface area contributed by atoms with Crippen LogP contribution in [0.25, 0.3) is 0 Å². The van der Waals surface area contributed by atoms with Crippen molar-refractivity contribution >= 4 is 29.9 Å². The second-order valence-corrected chi connectivity index (χ2v) is 5.13. The fourth-order valence-corrected chi connectivity index (χ4v) is 2.39. The average Bonchev–Trinajstić information content (AvgIpc) is 2.48. The Morgan fingerprint density at radius 1 is 1.43 bits per heavy atom. The van der Waals surface area contributed by atoms with E-state index in [1.165, 1.54) is 0 Å². The fourth-order valence-electron chi connectivity index (χ4n) is 2.22. The van der Waals surface area contributed by atoms with E-state index < -0.39 is 0 Å². The molecule has 0 saturated carbocycles. The van der Waals surface area contributed by atoms with Crippen molar-refractivity contribution in [2.45, 2.75) is 0 Å². The van der Waals surface area contributed by atoms with E-state index in [2.05, 4.69) is 15.5 Å². The smallest absolute Gasteiger partial charge is 0.255 e. The number of hydrogen-bond donors (Lipinski definition) is 2. The predicted octanol–water partition coefficient (Wildman–Crippen LogP) is 1.41. The molecule has 2 N–H and O–H groups in total. The Balaban J connectivity index is 0.00000220. The molecule has 0 aromatic heterocycles. The molecular formula is C14H21Cl2N3O2. The van der Waals surface area contributed by atoms with Crippen molar-refractivity contribution < 1.29 is 9.53 Å². The zero-order chi connectivity index (χ0) is 14.4. The molecule has 0 spiro atoms. The summed E-state index contributed by atoms with van der Waals surface area (Å²) >= 11 is 5.92. The van der Waals surface area contributed by atoms with E-state index in [0.717, 1.165) is 32.7 Å². The Morgan fingerprint density at radius 3 is 2.81 bits per heavy atom. The first-order valence-electron chi connectivity index (χ1n) is 6.75. The summed E-state index contributed by atoms with van der Waals surface area (Å²) in [5.74, 6) is 0.383. The molecule has 1 aromatic rings. The highest BCUT2D eigenvalue weighted by molar-refractivity contribution is 6.31. The molecule has 1 fully saturated rings. The van der Waals surface area contributed by atoms with Gasteiger partial charge in [-0.25, -0.2) is 0 Å². The number of halogens is 2. The minimum atomic E-state index is -0.153. The van der Waals surface area contributed by atoms with Gasteiger partial charge in [0.1, 0.15) is 5.75 Å². The second-order valence-electron chi connectivity index (χ2n) is 4.69. The molecule has 1 amide bonds. The van der Waals surface area contributed by atoms with Crippen LogP contribution >= 0.6 is 24.0 Å². The highest BCUT2D eigenvalue weighted by Crippen LogP contribution is 2.22. The molecule has 0 radical (unpaired) electrons. The molecule has 1 saturated heterocycles. The van der Waals surface area contributed by atoms with Gasteiger partial charge in [-0.05, 0) is 18.2 Å². The van der Waals surface area contributed by atoms with Crippen LogP contribution in [0.4, 0.5) is 0 Å². The predicted molar refractivity (Wildman–Crippen MR) is 86.9 cm³/mol. The zero-order valence-electron chi connectivity index (χ0n) is 12.0. The molecule has 1 heterocycles. The van der Waals surface area contributed by atoms with Crippen molar-refractivity contribution in [2.24, 2.45) is 0 Å². The number of hydrogen-bond acceptors (Lipinski definition) is 4. The third kappa shape index (κ3) is 5.36. The molecule has 2 rings (SSSR count). The SMILES string of the molecule is COc1ccc(Cl)cc1C(=O)NCCN1CCNCC1.Cl. The van der Waals surface area contributed by atoms with Crippen molar-refractivity contribution in [1.29, 1.82) is 0 Å². The maximum absolute atomic E-state index is 12.1. The van der Waals surface area contributed by atoms with E-state index in [0.29, 0.717) is 22.9 Å². The van der Waals surface area contributed by atoms with Gasteiger partial charge in [0, 0.05) is 44.3 Å². The summed E-state index contributed by atoms with van der Waals surface area (Å²) in [7, 11) is 1.54. The number of piperazine rings is 1. The Bertz CT molecular complexity index is 466. The average molecular weight is 334 g/mol. The maximum Gasteiger partial charge on any atom is 0.255 e. The number of rotatable bonds is 5. The van der Waals surface area contributed by atoms with Crippen LogP contribution in [0.5, 0.6) is 5.75 Å². The van der Waals surface area contributed by atoms with Crippen LogP contribution < -0.4 is 15.4 Å². The van der Waals surface area contributed by atoms with Gasteiger partial charge in [-0.1, -0.05) is 11.6 Å². The summed E-state index contributed by atoms with van der Waals surface area (Å²) in [5.41, 5.74) is 0.473. The van der Waals surface area contributed by atoms with Crippen LogP contribution in [0.15, 0.2) is 18.2 Å². The third-order valence-electron chi connectivity index (χ3n) is 3.33. The van der Waals surface area contributed by atoms with Crippen LogP contribution in [-0.4, -0.2) is 57.2 Å². The van der Waals surface area contributed by atoms with Crippen LogP contribution in [0.2, 0.25) is 5.02 Å². The van der Waals surface area contributed by atoms with Gasteiger partial charge in [0.25, 0.3) is 5.91 Å². The maximum atomic E-state index is 12.1. The Hall–Kier alpha value is -1.01. The van der Waals surface area contributed by atoms with E-state index >= 15 is 0 Å². The molecule has 0 unspecified atom stereocenters. The number of benzene rings is 1. The van der Waals surface area contributed by atoms with E-state index in [1.54, 1.807) is 25.3 Å². The lowest BCUT2D eigenvalue weighted by Crippen LogP contribution is -2.46. The number of methoxy groups -OCH3 is 1. The van der Waals surface area contributed by atoms with Crippen LogP contribution in [-0.2, 0) is 0 Å². The molecule has 0 aliphatic carbocycles. The van der Waals surface area contributed by atoms with Crippen molar-refractivity contribution in [1.82, 2.24) is 15.5 Å². The number of nitrogens with zero attached hydrogens (tertiary/aromatic N) is 1. The number of carbonyl (C=O) groups excluding carboxylic acids is 1. The van der Waals surface area contributed by atoms with Crippen LogP contribution in [0.1, 0.15) is 10.4 Å². The molecular weight excluding hydrogens is 313 g/mol. The van der Waals surface area contributed by atoms with Gasteiger partial charge >= 0.3 is 0 Å². The fraction of sp³-hybridized carbons (Fsp3) is 0.500. The van der Waals surface area contributed by atoms with Gasteiger partial charge in [0.05, 0.1) is 12.7 Å². The van der Waals surface area contributed by atoms with Crippen LogP contribution in [0.3, 0.4) is 0 Å². The Morgan fingerprint density at radius 2 is 2.14 bits per heavy atom. The summed E-state index contributed by atoms with van der Waals surface area (Å²) in [6, 6.07) is 5.03. The van der Waals surface area contributed by atoms with Gasteiger partial charge < -0.3 is 15.4 Å². The topological polar surface area (TPSA) is 53.6 Å². The van der Waals surface area contributed by atoms with Gasteiger partial charge in [0.2, 0.25) is 0 Å². The van der Waals surface area contributed by atoms with Crippen molar-refractivity contribution in [3.8, 4) is 5.75 Å². The summed E-state index contributed by atoms with van der Waals surface area (Å²) in [5, 5.41) is 6.74. The van der Waals surface area contributed by atoms with E-state index in [-0.39, 0.29) is 18.3 Å². The number of nitrogens with one attached hydrogen (secondary N) is 2. The monoisotopic (exact) mass is 333 g/mol. The summed E-state index contributed by atoms with van der Waals surface area (Å²) < 4.78 is 5.18. The van der Waals surface area contributed by atoms with Crippen molar-refractivity contribution in [3.63, 3.8) is 0 Å². The molecule has 5 nitrogen and oxygen atoms in total. The Kier molecular flexibility index (Phi) is 7.82. The highest BCUT2D eigenvalue weighted by atomic mass is 35.5. The first-order valence-corrected chi connectivity index (χ1v) is 7.13. The van der Waals surface area contributed by atoms with E-state index in [9.17, 15) is 4.79 Å². The van der Waals surface area contributed by atoms with Crippen LogP contribution in [0, 0.1) is 0 Å². The summed E-state index contributed by atoms with van der Waals surface area (Å²) in [6.45, 7) is 5.55. The molecule has 1 aromatic carbocycles. The number of amides is 1. The second kappa shape index (κ2) is 9.10. The minimum Gasteiger partial charge on any atom is -0.496 e. The number of carbonyl (C=O) groups is 1. The summed E-state index contributed by atoms with van der Waals surface area (Å²) in [6.07, 6.45) is 0. The largest absolute Gasteiger partial charge is 0.496 e. The molecule has 1 aliphatic rings. The first kappa shape index (κ1) is 18.0. The van der Waals surface area contributed by atoms with Gasteiger partial charge in [-0.2, -0.15) is 0 Å². The molecule has 0 atom stereocenters. The van der Waals surface area contributed by atoms with Crippen molar-refractivity contribution in [2.75, 3.05) is 46.4 Å². The van der Waals surface area contributed by atoms with E-state index in [4.69, 9.17) is 16.3 Å². The first-order chi connectivity index (χ1) is 9.70. The quantitative estimate of drug-likeness (QED) is 0.855. The lowest BCUT2D eigenvalue weighted by molar-refractivity contribution is 0.0944. The lowest BCUT2D eigenvalue weighted by atomic mass is 10.2. The molecule has 7 heteroatoms. The highest BCUT2D eigenvalue weighted by Gasteiger charge is 2.14. The van der Waals surface area contributed by atoms with E-state index in [1.807, 2.05) is 0 Å². The van der Waals surface area contributed by atoms with Gasteiger partial charge in [-0.3, -0.25) is 9.69 Å². The molecule has 0 bridgehead atoms. The standard InChI is InChI=1S/C14H20ClN3O2.ClH/c1-20-13-3-2-11(15)10-12(13)14(19)17-6-9-18-7-4-16-5-8-18;/h2-3,10,16H,4-9H2,1H3,(H,17,19);1H. The molecule has 21 heavy (non-hydrogen) atoms. The number of ether oxygens (including phenoxy) is 1. The summed E-state index contributed by atoms with van der Waals surface area (Å²) in [4.78, 5) is 14.5. The van der Waals surface area contributed by atoms with Crippen molar-refractivity contribution in [3.05, 3.63) is 28.8 Å². The van der Waals surface area contributed by atoms with Gasteiger partial charge in [-0.15, -0.1) is 12.4 Å². The Labute approximate surface area is 136 Å². The lowest BCUT2D eigenvalue weighted by Gasteiger charge is -2.27.